The first-order valence-electron chi connectivity index (χ1n) is 6.63. The van der Waals surface area contributed by atoms with Crippen molar-refractivity contribution in [2.24, 2.45) is 5.84 Å². The number of pyridine rings is 1. The standard InChI is InChI=1S/C15H16N4O/c16-19-14-6-2-5-13(18-14)15(20)17-12-8-7-10-3-1-4-11(10)9-12/h2,5-9H,1,3-4,16H2,(H,17,20)(H,18,19). The number of fused-ring (bicyclic) bond motifs is 1. The molecule has 0 unspecified atom stereocenters. The van der Waals surface area contributed by atoms with E-state index in [4.69, 9.17) is 5.84 Å². The molecule has 0 spiro atoms. The third-order valence-corrected chi connectivity index (χ3v) is 3.49. The highest BCUT2D eigenvalue weighted by Crippen LogP contribution is 2.25. The Bertz CT molecular complexity index is 654. The van der Waals surface area contributed by atoms with Gasteiger partial charge in [0.15, 0.2) is 0 Å². The quantitative estimate of drug-likeness (QED) is 0.588. The van der Waals surface area contributed by atoms with E-state index >= 15 is 0 Å². The van der Waals surface area contributed by atoms with Crippen molar-refractivity contribution in [2.75, 3.05) is 10.7 Å². The van der Waals surface area contributed by atoms with Gasteiger partial charge in [-0.05, 0) is 54.7 Å². The van der Waals surface area contributed by atoms with Crippen molar-refractivity contribution >= 4 is 17.4 Å². The van der Waals surface area contributed by atoms with Crippen LogP contribution >= 0.6 is 0 Å². The molecule has 0 saturated carbocycles. The van der Waals surface area contributed by atoms with Crippen LogP contribution in [0.1, 0.15) is 28.0 Å². The fourth-order valence-corrected chi connectivity index (χ4v) is 2.49. The smallest absolute Gasteiger partial charge is 0.274 e. The number of carbonyl (C=O) groups is 1. The third-order valence-electron chi connectivity index (χ3n) is 3.49. The zero-order valence-electron chi connectivity index (χ0n) is 11.0. The van der Waals surface area contributed by atoms with Gasteiger partial charge in [0.1, 0.15) is 11.5 Å². The van der Waals surface area contributed by atoms with Crippen molar-refractivity contribution in [3.8, 4) is 0 Å². The Morgan fingerprint density at radius 3 is 2.85 bits per heavy atom. The highest BCUT2D eigenvalue weighted by atomic mass is 16.1. The predicted molar refractivity (Wildman–Crippen MR) is 78.5 cm³/mol. The number of nitrogens with zero attached hydrogens (tertiary/aromatic N) is 1. The lowest BCUT2D eigenvalue weighted by molar-refractivity contribution is 0.102. The molecule has 1 aromatic heterocycles. The van der Waals surface area contributed by atoms with Gasteiger partial charge in [0, 0.05) is 5.69 Å². The predicted octanol–water partition coefficient (Wildman–Crippen LogP) is 2.11. The minimum Gasteiger partial charge on any atom is -0.321 e. The van der Waals surface area contributed by atoms with Gasteiger partial charge in [-0.1, -0.05) is 12.1 Å². The van der Waals surface area contributed by atoms with Crippen molar-refractivity contribution in [2.45, 2.75) is 19.3 Å². The van der Waals surface area contributed by atoms with Gasteiger partial charge in [-0.2, -0.15) is 0 Å². The Balaban J connectivity index is 1.78. The van der Waals surface area contributed by atoms with Crippen LogP contribution in [-0.2, 0) is 12.8 Å². The lowest BCUT2D eigenvalue weighted by Crippen LogP contribution is -2.16. The number of anilines is 2. The normalized spacial score (nSPS) is 12.8. The summed E-state index contributed by atoms with van der Waals surface area (Å²) in [6.07, 6.45) is 3.41. The number of nitrogens with two attached hydrogens (primary N) is 1. The summed E-state index contributed by atoms with van der Waals surface area (Å²) in [5.74, 6) is 5.52. The average Bonchev–Trinajstić information content (AvgIpc) is 2.95. The summed E-state index contributed by atoms with van der Waals surface area (Å²) in [4.78, 5) is 16.3. The Kier molecular flexibility index (Phi) is 3.35. The first kappa shape index (κ1) is 12.6. The molecule has 3 rings (SSSR count). The molecule has 5 nitrogen and oxygen atoms in total. The van der Waals surface area contributed by atoms with Gasteiger partial charge in [-0.3, -0.25) is 4.79 Å². The van der Waals surface area contributed by atoms with Gasteiger partial charge in [0.05, 0.1) is 0 Å². The van der Waals surface area contributed by atoms with Crippen molar-refractivity contribution < 1.29 is 4.79 Å². The third kappa shape index (κ3) is 2.48. The first-order chi connectivity index (χ1) is 9.76. The highest BCUT2D eigenvalue weighted by Gasteiger charge is 2.13. The summed E-state index contributed by atoms with van der Waals surface area (Å²) in [6, 6.07) is 11.2. The molecule has 5 heteroatoms. The van der Waals surface area contributed by atoms with Crippen LogP contribution in [0.5, 0.6) is 0 Å². The summed E-state index contributed by atoms with van der Waals surface area (Å²) >= 11 is 0. The molecule has 0 bridgehead atoms. The summed E-state index contributed by atoms with van der Waals surface area (Å²) in [5.41, 5.74) is 6.28. The van der Waals surface area contributed by atoms with E-state index in [1.165, 1.54) is 17.5 Å². The van der Waals surface area contributed by atoms with E-state index in [1.54, 1.807) is 18.2 Å². The number of nitrogens with one attached hydrogen (secondary N) is 2. The first-order valence-corrected chi connectivity index (χ1v) is 6.63. The molecule has 0 fully saturated rings. The molecule has 2 aromatic rings. The minimum atomic E-state index is -0.236. The van der Waals surface area contributed by atoms with Crippen LogP contribution in [-0.4, -0.2) is 10.9 Å². The summed E-state index contributed by atoms with van der Waals surface area (Å²) in [7, 11) is 0. The number of aromatic nitrogens is 1. The van der Waals surface area contributed by atoms with Crippen LogP contribution < -0.4 is 16.6 Å². The monoisotopic (exact) mass is 268 g/mol. The molecule has 4 N–H and O–H groups in total. The van der Waals surface area contributed by atoms with E-state index in [1.807, 2.05) is 12.1 Å². The Morgan fingerprint density at radius 2 is 2.00 bits per heavy atom. The van der Waals surface area contributed by atoms with Gasteiger partial charge in [-0.15, -0.1) is 0 Å². The lowest BCUT2D eigenvalue weighted by Gasteiger charge is -2.08. The van der Waals surface area contributed by atoms with Crippen LogP contribution in [0.2, 0.25) is 0 Å². The number of benzene rings is 1. The molecule has 0 saturated heterocycles. The largest absolute Gasteiger partial charge is 0.321 e. The van der Waals surface area contributed by atoms with Crippen LogP contribution in [0.3, 0.4) is 0 Å². The van der Waals surface area contributed by atoms with Crippen LogP contribution in [0.25, 0.3) is 0 Å². The van der Waals surface area contributed by atoms with Gasteiger partial charge < -0.3 is 10.7 Å². The Hall–Kier alpha value is -2.40. The summed E-state index contributed by atoms with van der Waals surface area (Å²) in [6.45, 7) is 0. The Labute approximate surface area is 117 Å². The van der Waals surface area contributed by atoms with Crippen molar-refractivity contribution in [1.82, 2.24) is 4.98 Å². The molecular formula is C15H16N4O. The number of carbonyl (C=O) groups excluding carboxylic acids is 1. The maximum Gasteiger partial charge on any atom is 0.274 e. The maximum atomic E-state index is 12.1. The van der Waals surface area contributed by atoms with Crippen LogP contribution in [0.15, 0.2) is 36.4 Å². The molecule has 1 aromatic carbocycles. The molecule has 102 valence electrons. The molecular weight excluding hydrogens is 252 g/mol. The second-order valence-electron chi connectivity index (χ2n) is 4.84. The second-order valence-corrected chi connectivity index (χ2v) is 4.84. The average molecular weight is 268 g/mol. The van der Waals surface area contributed by atoms with E-state index in [0.29, 0.717) is 11.5 Å². The topological polar surface area (TPSA) is 80.0 Å². The summed E-state index contributed by atoms with van der Waals surface area (Å²) < 4.78 is 0. The number of hydrogen-bond donors (Lipinski definition) is 3. The van der Waals surface area contributed by atoms with Gasteiger partial charge in [0.25, 0.3) is 5.91 Å². The molecule has 0 atom stereocenters. The van der Waals surface area contributed by atoms with E-state index in [2.05, 4.69) is 21.8 Å². The lowest BCUT2D eigenvalue weighted by atomic mass is 10.1. The number of hydrazine groups is 1. The summed E-state index contributed by atoms with van der Waals surface area (Å²) in [5, 5.41) is 2.87. The molecule has 0 radical (unpaired) electrons. The zero-order valence-corrected chi connectivity index (χ0v) is 11.0. The molecule has 1 aliphatic rings. The molecule has 1 heterocycles. The molecule has 20 heavy (non-hydrogen) atoms. The molecule has 1 aliphatic carbocycles. The fraction of sp³-hybridized carbons (Fsp3) is 0.200. The van der Waals surface area contributed by atoms with Crippen molar-refractivity contribution in [1.29, 1.82) is 0 Å². The van der Waals surface area contributed by atoms with Gasteiger partial charge in [0.2, 0.25) is 0 Å². The molecule has 0 aliphatic heterocycles. The van der Waals surface area contributed by atoms with Crippen LogP contribution in [0, 0.1) is 0 Å². The van der Waals surface area contributed by atoms with Crippen molar-refractivity contribution in [3.63, 3.8) is 0 Å². The van der Waals surface area contributed by atoms with E-state index in [0.717, 1.165) is 18.5 Å². The number of aryl methyl sites for hydroxylation is 2. The number of amides is 1. The van der Waals surface area contributed by atoms with Crippen molar-refractivity contribution in [3.05, 3.63) is 53.2 Å². The maximum absolute atomic E-state index is 12.1. The SMILES string of the molecule is NNc1cccc(C(=O)Nc2ccc3c(c2)CCC3)n1. The zero-order chi connectivity index (χ0) is 13.9. The van der Waals surface area contributed by atoms with E-state index in [-0.39, 0.29) is 5.91 Å². The fourth-order valence-electron chi connectivity index (χ4n) is 2.49. The Morgan fingerprint density at radius 1 is 1.15 bits per heavy atom. The molecule has 1 amide bonds. The van der Waals surface area contributed by atoms with Crippen LogP contribution in [0.4, 0.5) is 11.5 Å². The van der Waals surface area contributed by atoms with Gasteiger partial charge in [-0.25, -0.2) is 10.8 Å². The number of nitrogen functional groups attached to an aromatic ring is 1. The van der Waals surface area contributed by atoms with Gasteiger partial charge >= 0.3 is 0 Å². The number of rotatable bonds is 3. The van der Waals surface area contributed by atoms with E-state index in [9.17, 15) is 4.79 Å². The second kappa shape index (κ2) is 5.30. The highest BCUT2D eigenvalue weighted by molar-refractivity contribution is 6.03. The minimum absolute atomic E-state index is 0.236. The number of hydrogen-bond acceptors (Lipinski definition) is 4. The van der Waals surface area contributed by atoms with E-state index < -0.39 is 0 Å².